The minimum atomic E-state index is 0.203. The zero-order chi connectivity index (χ0) is 16.5. The Hall–Kier alpha value is -3.58. The van der Waals surface area contributed by atoms with Crippen LogP contribution in [-0.4, -0.2) is 4.98 Å². The third-order valence-electron chi connectivity index (χ3n) is 3.99. The third-order valence-corrected chi connectivity index (χ3v) is 3.99. The average Bonchev–Trinajstić information content (AvgIpc) is 3.15. The molecular weight excluding hydrogens is 298 g/mol. The Balaban J connectivity index is 1.96. The van der Waals surface area contributed by atoms with Crippen LogP contribution >= 0.6 is 0 Å². The van der Waals surface area contributed by atoms with Crippen LogP contribution in [0.3, 0.4) is 0 Å². The van der Waals surface area contributed by atoms with Gasteiger partial charge in [-0.1, -0.05) is 36.4 Å². The van der Waals surface area contributed by atoms with Crippen LogP contribution in [0.25, 0.3) is 33.4 Å². The van der Waals surface area contributed by atoms with Crippen molar-refractivity contribution in [3.05, 3.63) is 72.5 Å². The molecule has 4 aromatic rings. The standard InChI is InChI=1S/C20H13N3O/c21-12-17-16(11-18(23-20(17)22)19-6-3-9-24-19)15-8-7-13-4-1-2-5-14(13)10-15/h1-11H,(H2,22,23). The molecule has 0 spiro atoms. The minimum Gasteiger partial charge on any atom is -0.463 e. The van der Waals surface area contributed by atoms with Crippen LogP contribution in [0.2, 0.25) is 0 Å². The topological polar surface area (TPSA) is 75.8 Å². The molecule has 2 aromatic carbocycles. The lowest BCUT2D eigenvalue weighted by atomic mass is 9.97. The molecule has 0 aliphatic heterocycles. The van der Waals surface area contributed by atoms with Crippen LogP contribution < -0.4 is 5.73 Å². The molecule has 114 valence electrons. The van der Waals surface area contributed by atoms with Gasteiger partial charge in [-0.05, 0) is 40.6 Å². The largest absolute Gasteiger partial charge is 0.463 e. The summed E-state index contributed by atoms with van der Waals surface area (Å²) >= 11 is 0. The highest BCUT2D eigenvalue weighted by molar-refractivity contribution is 5.89. The minimum absolute atomic E-state index is 0.203. The van der Waals surface area contributed by atoms with Crippen LogP contribution in [0.15, 0.2) is 71.3 Å². The maximum Gasteiger partial charge on any atom is 0.152 e. The lowest BCUT2D eigenvalue weighted by molar-refractivity contribution is 0.580. The summed E-state index contributed by atoms with van der Waals surface area (Å²) in [5.74, 6) is 0.822. The fourth-order valence-electron chi connectivity index (χ4n) is 2.82. The number of anilines is 1. The van der Waals surface area contributed by atoms with E-state index in [1.54, 1.807) is 12.3 Å². The van der Waals surface area contributed by atoms with Gasteiger partial charge in [-0.2, -0.15) is 5.26 Å². The average molecular weight is 311 g/mol. The molecule has 2 N–H and O–H groups in total. The highest BCUT2D eigenvalue weighted by Crippen LogP contribution is 2.32. The number of nitrogens with two attached hydrogens (primary N) is 1. The van der Waals surface area contributed by atoms with E-state index in [-0.39, 0.29) is 5.82 Å². The van der Waals surface area contributed by atoms with Crippen LogP contribution in [0.4, 0.5) is 5.82 Å². The SMILES string of the molecule is N#Cc1c(-c2ccc3ccccc3c2)cc(-c2ccco2)nc1N. The maximum absolute atomic E-state index is 9.50. The van der Waals surface area contributed by atoms with Crippen molar-refractivity contribution in [2.75, 3.05) is 5.73 Å². The number of hydrogen-bond donors (Lipinski definition) is 1. The number of aromatic nitrogens is 1. The smallest absolute Gasteiger partial charge is 0.152 e. The van der Waals surface area contributed by atoms with Gasteiger partial charge in [0.15, 0.2) is 5.76 Å². The molecule has 0 unspecified atom stereocenters. The number of benzene rings is 2. The second kappa shape index (κ2) is 5.56. The molecule has 0 saturated heterocycles. The predicted molar refractivity (Wildman–Crippen MR) is 94.0 cm³/mol. The van der Waals surface area contributed by atoms with E-state index >= 15 is 0 Å². The molecule has 4 heteroatoms. The van der Waals surface area contributed by atoms with Crippen molar-refractivity contribution in [1.82, 2.24) is 4.98 Å². The summed E-state index contributed by atoms with van der Waals surface area (Å²) in [6.07, 6.45) is 1.58. The highest BCUT2D eigenvalue weighted by Gasteiger charge is 2.14. The number of rotatable bonds is 2. The first-order valence-electron chi connectivity index (χ1n) is 7.50. The Kier molecular flexibility index (Phi) is 3.25. The first-order chi connectivity index (χ1) is 11.8. The van der Waals surface area contributed by atoms with Crippen molar-refractivity contribution >= 4 is 16.6 Å². The number of pyridine rings is 1. The Morgan fingerprint density at radius 2 is 1.79 bits per heavy atom. The summed E-state index contributed by atoms with van der Waals surface area (Å²) in [6, 6.07) is 21.8. The molecule has 24 heavy (non-hydrogen) atoms. The van der Waals surface area contributed by atoms with E-state index in [2.05, 4.69) is 23.2 Å². The maximum atomic E-state index is 9.50. The van der Waals surface area contributed by atoms with Gasteiger partial charge in [-0.25, -0.2) is 4.98 Å². The van der Waals surface area contributed by atoms with E-state index in [0.717, 1.165) is 21.9 Å². The zero-order valence-corrected chi connectivity index (χ0v) is 12.7. The molecule has 0 aliphatic carbocycles. The Bertz CT molecular complexity index is 1080. The van der Waals surface area contributed by atoms with Crippen molar-refractivity contribution in [3.8, 4) is 28.7 Å². The van der Waals surface area contributed by atoms with Gasteiger partial charge in [0, 0.05) is 5.56 Å². The molecule has 2 heterocycles. The van der Waals surface area contributed by atoms with Gasteiger partial charge in [-0.3, -0.25) is 0 Å². The fourth-order valence-corrected chi connectivity index (χ4v) is 2.82. The highest BCUT2D eigenvalue weighted by atomic mass is 16.3. The molecule has 4 nitrogen and oxygen atoms in total. The fraction of sp³-hybridized carbons (Fsp3) is 0. The Labute approximate surface area is 138 Å². The lowest BCUT2D eigenvalue weighted by Gasteiger charge is -2.10. The summed E-state index contributed by atoms with van der Waals surface area (Å²) in [4.78, 5) is 4.30. The van der Waals surface area contributed by atoms with Crippen molar-refractivity contribution < 1.29 is 4.42 Å². The molecule has 0 atom stereocenters. The number of furan rings is 1. The summed E-state index contributed by atoms with van der Waals surface area (Å²) in [6.45, 7) is 0. The summed E-state index contributed by atoms with van der Waals surface area (Å²) < 4.78 is 5.41. The number of nitriles is 1. The van der Waals surface area contributed by atoms with Crippen molar-refractivity contribution in [2.24, 2.45) is 0 Å². The molecule has 0 fully saturated rings. The molecule has 0 radical (unpaired) electrons. The van der Waals surface area contributed by atoms with Crippen LogP contribution in [0.5, 0.6) is 0 Å². The van der Waals surface area contributed by atoms with Crippen molar-refractivity contribution in [3.63, 3.8) is 0 Å². The Morgan fingerprint density at radius 3 is 2.54 bits per heavy atom. The van der Waals surface area contributed by atoms with Crippen molar-refractivity contribution in [2.45, 2.75) is 0 Å². The van der Waals surface area contributed by atoms with E-state index in [1.165, 1.54) is 0 Å². The van der Waals surface area contributed by atoms with Crippen LogP contribution in [-0.2, 0) is 0 Å². The number of nitrogens with zero attached hydrogens (tertiary/aromatic N) is 2. The van der Waals surface area contributed by atoms with Gasteiger partial charge in [0.25, 0.3) is 0 Å². The lowest BCUT2D eigenvalue weighted by Crippen LogP contribution is -1.99. The second-order valence-corrected chi connectivity index (χ2v) is 5.47. The van der Waals surface area contributed by atoms with E-state index in [0.29, 0.717) is 17.0 Å². The predicted octanol–water partition coefficient (Wildman–Crippen LogP) is 4.62. The summed E-state index contributed by atoms with van der Waals surface area (Å²) in [5, 5.41) is 11.8. The molecule has 0 amide bonds. The number of hydrogen-bond acceptors (Lipinski definition) is 4. The first kappa shape index (κ1) is 14.0. The van der Waals surface area contributed by atoms with Crippen molar-refractivity contribution in [1.29, 1.82) is 5.26 Å². The molecule has 0 bridgehead atoms. The van der Waals surface area contributed by atoms with E-state index in [4.69, 9.17) is 10.2 Å². The van der Waals surface area contributed by atoms with Gasteiger partial charge in [0.05, 0.1) is 6.26 Å². The third kappa shape index (κ3) is 2.29. The number of nitrogen functional groups attached to an aromatic ring is 1. The van der Waals surface area contributed by atoms with E-state index in [1.807, 2.05) is 42.5 Å². The second-order valence-electron chi connectivity index (χ2n) is 5.47. The van der Waals surface area contributed by atoms with Gasteiger partial charge in [-0.15, -0.1) is 0 Å². The Morgan fingerprint density at radius 1 is 0.958 bits per heavy atom. The molecule has 4 rings (SSSR count). The zero-order valence-electron chi connectivity index (χ0n) is 12.7. The summed E-state index contributed by atoms with van der Waals surface area (Å²) in [7, 11) is 0. The van der Waals surface area contributed by atoms with Crippen LogP contribution in [0.1, 0.15) is 5.56 Å². The quantitative estimate of drug-likeness (QED) is 0.586. The molecule has 0 saturated carbocycles. The van der Waals surface area contributed by atoms with Gasteiger partial charge >= 0.3 is 0 Å². The van der Waals surface area contributed by atoms with E-state index < -0.39 is 0 Å². The van der Waals surface area contributed by atoms with E-state index in [9.17, 15) is 5.26 Å². The number of fused-ring (bicyclic) bond motifs is 1. The monoisotopic (exact) mass is 311 g/mol. The molecular formula is C20H13N3O. The normalized spacial score (nSPS) is 10.6. The molecule has 0 aliphatic rings. The summed E-state index contributed by atoms with van der Waals surface area (Å²) in [5.41, 5.74) is 8.68. The van der Waals surface area contributed by atoms with Gasteiger partial charge in [0.2, 0.25) is 0 Å². The van der Waals surface area contributed by atoms with Crippen LogP contribution in [0, 0.1) is 11.3 Å². The van der Waals surface area contributed by atoms with Gasteiger partial charge < -0.3 is 10.2 Å². The van der Waals surface area contributed by atoms with Gasteiger partial charge in [0.1, 0.15) is 23.1 Å². The first-order valence-corrected chi connectivity index (χ1v) is 7.50. The molecule has 2 aromatic heterocycles.